The summed E-state index contributed by atoms with van der Waals surface area (Å²) in [5.74, 6) is 3.11. The van der Waals surface area contributed by atoms with Crippen molar-refractivity contribution < 1.29 is 23.7 Å². The van der Waals surface area contributed by atoms with Gasteiger partial charge in [-0.3, -0.25) is 0 Å². The summed E-state index contributed by atoms with van der Waals surface area (Å²) in [6.07, 6.45) is 12.2. The van der Waals surface area contributed by atoms with Gasteiger partial charge in [0.2, 0.25) is 0 Å². The number of methoxy groups -OCH3 is 1. The third-order valence-electron chi connectivity index (χ3n) is 8.22. The van der Waals surface area contributed by atoms with Gasteiger partial charge < -0.3 is 18.9 Å². The number of benzene rings is 2. The Bertz CT molecular complexity index is 1050. The van der Waals surface area contributed by atoms with E-state index < -0.39 is 6.48 Å². The molecule has 4 saturated carbocycles. The van der Waals surface area contributed by atoms with Gasteiger partial charge in [-0.2, -0.15) is 0 Å². The van der Waals surface area contributed by atoms with Gasteiger partial charge in [0.1, 0.15) is 5.75 Å². The van der Waals surface area contributed by atoms with Crippen LogP contribution < -0.4 is 4.74 Å². The van der Waals surface area contributed by atoms with Crippen molar-refractivity contribution in [1.29, 1.82) is 0 Å². The molecular weight excluding hydrogens is 452 g/mol. The van der Waals surface area contributed by atoms with Crippen LogP contribution in [0.25, 0.3) is 12.2 Å². The van der Waals surface area contributed by atoms with Gasteiger partial charge in [-0.05, 0) is 111 Å². The number of esters is 1. The molecule has 0 saturated heterocycles. The quantitative estimate of drug-likeness (QED) is 0.207. The van der Waals surface area contributed by atoms with Crippen LogP contribution in [0.15, 0.2) is 42.5 Å². The summed E-state index contributed by atoms with van der Waals surface area (Å²) >= 11 is 0. The zero-order valence-electron chi connectivity index (χ0n) is 21.7. The molecule has 0 N–H and O–H groups in total. The largest absolute Gasteiger partial charge is 0.462 e. The van der Waals surface area contributed by atoms with Gasteiger partial charge in [0.25, 0.3) is 0 Å². The van der Waals surface area contributed by atoms with E-state index in [2.05, 4.69) is 30.4 Å². The van der Waals surface area contributed by atoms with Gasteiger partial charge >= 0.3 is 12.4 Å². The fraction of sp³-hybridized carbons (Fsp3) is 0.516. The normalized spacial score (nSPS) is 27.4. The zero-order valence-corrected chi connectivity index (χ0v) is 21.7. The van der Waals surface area contributed by atoms with E-state index in [0.29, 0.717) is 18.8 Å². The molecule has 192 valence electrons. The first-order valence-corrected chi connectivity index (χ1v) is 13.4. The molecule has 2 aromatic carbocycles. The third kappa shape index (κ3) is 5.23. The van der Waals surface area contributed by atoms with Gasteiger partial charge in [-0.25, -0.2) is 4.79 Å². The number of carbonyl (C=O) groups excluding carboxylic acids is 1. The third-order valence-corrected chi connectivity index (χ3v) is 8.22. The Morgan fingerprint density at radius 1 is 0.917 bits per heavy atom. The average molecular weight is 491 g/mol. The Morgan fingerprint density at radius 3 is 2.11 bits per heavy atom. The average Bonchev–Trinajstić information content (AvgIpc) is 2.87. The lowest BCUT2D eigenvalue weighted by molar-refractivity contribution is -0.231. The maximum atomic E-state index is 11.9. The number of hydrogen-bond donors (Lipinski definition) is 0. The van der Waals surface area contributed by atoms with Gasteiger partial charge in [0.05, 0.1) is 18.8 Å². The Morgan fingerprint density at radius 2 is 1.53 bits per heavy atom. The lowest BCUT2D eigenvalue weighted by atomic mass is 9.48. The summed E-state index contributed by atoms with van der Waals surface area (Å²) in [5.41, 5.74) is 4.24. The highest BCUT2D eigenvalue weighted by atomic mass is 16.8. The lowest BCUT2D eigenvalue weighted by Crippen LogP contribution is -2.48. The Hall–Kier alpha value is -2.63. The molecule has 4 fully saturated rings. The number of ether oxygens (including phenoxy) is 4. The second-order valence-electron chi connectivity index (χ2n) is 10.7. The first-order chi connectivity index (χ1) is 17.5. The summed E-state index contributed by atoms with van der Waals surface area (Å²) in [6.45, 7) is 3.96. The molecule has 2 aromatic rings. The maximum absolute atomic E-state index is 11.9. The highest BCUT2D eigenvalue weighted by molar-refractivity contribution is 5.89. The van der Waals surface area contributed by atoms with Crippen LogP contribution in [0.1, 0.15) is 79.4 Å². The number of rotatable bonds is 10. The molecule has 0 spiro atoms. The molecule has 0 aliphatic heterocycles. The van der Waals surface area contributed by atoms with E-state index in [4.69, 9.17) is 18.9 Å². The van der Waals surface area contributed by atoms with Crippen molar-refractivity contribution in [3.05, 3.63) is 64.7 Å². The van der Waals surface area contributed by atoms with Crippen molar-refractivity contribution in [3.63, 3.8) is 0 Å². The van der Waals surface area contributed by atoms with Crippen molar-refractivity contribution in [2.45, 2.75) is 64.3 Å². The molecule has 5 nitrogen and oxygen atoms in total. The number of hydrogen-bond acceptors (Lipinski definition) is 5. The Balaban J connectivity index is 1.43. The molecule has 4 aliphatic rings. The monoisotopic (exact) mass is 490 g/mol. The van der Waals surface area contributed by atoms with E-state index in [1.807, 2.05) is 38.1 Å². The van der Waals surface area contributed by atoms with Gasteiger partial charge in [-0.15, -0.1) is 0 Å². The molecular formula is C31H38O5. The molecule has 4 aliphatic carbocycles. The predicted molar refractivity (Wildman–Crippen MR) is 141 cm³/mol. The van der Waals surface area contributed by atoms with Crippen molar-refractivity contribution in [2.24, 2.45) is 17.8 Å². The second kappa shape index (κ2) is 10.8. The minimum atomic E-state index is -0.707. The van der Waals surface area contributed by atoms with Crippen LogP contribution in [0.4, 0.5) is 0 Å². The fourth-order valence-corrected chi connectivity index (χ4v) is 7.14. The van der Waals surface area contributed by atoms with Gasteiger partial charge in [0, 0.05) is 12.7 Å². The van der Waals surface area contributed by atoms with Crippen LogP contribution in [-0.2, 0) is 19.6 Å². The van der Waals surface area contributed by atoms with Crippen LogP contribution in [0.5, 0.6) is 5.75 Å². The predicted octanol–water partition coefficient (Wildman–Crippen LogP) is 6.85. The second-order valence-corrected chi connectivity index (χ2v) is 10.7. The van der Waals surface area contributed by atoms with Crippen molar-refractivity contribution in [3.8, 4) is 5.75 Å². The fourth-order valence-electron chi connectivity index (χ4n) is 7.14. The lowest BCUT2D eigenvalue weighted by Gasteiger charge is -2.57. The molecule has 0 aromatic heterocycles. The van der Waals surface area contributed by atoms with Gasteiger partial charge in [-0.1, -0.05) is 30.4 Å². The first-order valence-electron chi connectivity index (χ1n) is 13.4. The summed E-state index contributed by atoms with van der Waals surface area (Å²) in [6, 6.07) is 14.0. The van der Waals surface area contributed by atoms with Crippen molar-refractivity contribution in [1.82, 2.24) is 0 Å². The van der Waals surface area contributed by atoms with E-state index in [0.717, 1.165) is 34.6 Å². The molecule has 0 radical (unpaired) electrons. The van der Waals surface area contributed by atoms with Crippen LogP contribution in [0, 0.1) is 17.8 Å². The summed E-state index contributed by atoms with van der Waals surface area (Å²) < 4.78 is 22.5. The van der Waals surface area contributed by atoms with Crippen molar-refractivity contribution >= 4 is 18.1 Å². The standard InChI is InChI=1S/C31H38O5/c1-4-34-29(32)26-11-8-21(9-12-26)6-7-22-10-13-28(36-30(33-3)35-5-2)27(17-22)31-18-23-14-24(19-31)16-25(15-23)20-31/h6-13,17,23-25,30H,4-5,14-16,18-20H2,1-3H3. The van der Waals surface area contributed by atoms with Gasteiger partial charge in [0.15, 0.2) is 0 Å². The van der Waals surface area contributed by atoms with Crippen LogP contribution in [-0.4, -0.2) is 32.8 Å². The maximum Gasteiger partial charge on any atom is 0.338 e. The summed E-state index contributed by atoms with van der Waals surface area (Å²) in [7, 11) is 1.62. The topological polar surface area (TPSA) is 54.0 Å². The molecule has 36 heavy (non-hydrogen) atoms. The molecule has 4 bridgehead atoms. The Labute approximate surface area is 214 Å². The van der Waals surface area contributed by atoms with E-state index in [9.17, 15) is 4.79 Å². The van der Waals surface area contributed by atoms with E-state index >= 15 is 0 Å². The van der Waals surface area contributed by atoms with E-state index in [1.165, 1.54) is 44.1 Å². The summed E-state index contributed by atoms with van der Waals surface area (Å²) in [5, 5.41) is 0. The van der Waals surface area contributed by atoms with Crippen LogP contribution in [0.3, 0.4) is 0 Å². The highest BCUT2D eigenvalue weighted by Crippen LogP contribution is 2.62. The first kappa shape index (κ1) is 25.0. The molecule has 0 heterocycles. The minimum Gasteiger partial charge on any atom is -0.462 e. The molecule has 1 unspecified atom stereocenters. The minimum absolute atomic E-state index is 0.180. The summed E-state index contributed by atoms with van der Waals surface area (Å²) in [4.78, 5) is 11.9. The smallest absolute Gasteiger partial charge is 0.338 e. The SMILES string of the molecule is CCOC(=O)c1ccc(C=Cc2ccc(OC(OC)OCC)c(C34CC5CC(CC(C5)C3)C4)c2)cc1. The molecule has 1 atom stereocenters. The molecule has 6 rings (SSSR count). The molecule has 0 amide bonds. The van der Waals surface area contributed by atoms with Crippen molar-refractivity contribution in [2.75, 3.05) is 20.3 Å². The highest BCUT2D eigenvalue weighted by Gasteiger charge is 2.52. The van der Waals surface area contributed by atoms with E-state index in [1.54, 1.807) is 7.11 Å². The molecule has 5 heteroatoms. The Kier molecular flexibility index (Phi) is 7.49. The van der Waals surface area contributed by atoms with Crippen LogP contribution >= 0.6 is 0 Å². The van der Waals surface area contributed by atoms with Crippen LogP contribution in [0.2, 0.25) is 0 Å². The zero-order chi connectivity index (χ0) is 25.1. The number of carbonyl (C=O) groups is 1. The van der Waals surface area contributed by atoms with E-state index in [-0.39, 0.29) is 11.4 Å².